The van der Waals surface area contributed by atoms with E-state index in [-0.39, 0.29) is 0 Å². The van der Waals surface area contributed by atoms with E-state index in [0.29, 0.717) is 0 Å². The van der Waals surface area contributed by atoms with Crippen molar-refractivity contribution in [2.75, 3.05) is 19.8 Å². The van der Waals surface area contributed by atoms with Crippen LogP contribution in [-0.2, 0) is 23.7 Å². The SMILES string of the molecule is CCC(O)(O)C1(O[C@H]2[C@H](O)[C@@H](O)C(O[C@H]3[C@H](O)[C@@H](O)[C@@H](O)O[C@@H]3CO)O[C@@H]2CO)O[C@H](CO)[C@@H](O)[C@H](O)[C@H]1O. The van der Waals surface area contributed by atoms with Crippen LogP contribution in [0.5, 0.6) is 0 Å². The molecule has 0 spiro atoms. The summed E-state index contributed by atoms with van der Waals surface area (Å²) in [6.45, 7) is -1.60. The van der Waals surface area contributed by atoms with E-state index in [1.165, 1.54) is 6.92 Å². The fourth-order valence-electron chi connectivity index (χ4n) is 4.81. The van der Waals surface area contributed by atoms with Crippen molar-refractivity contribution in [2.45, 2.75) is 111 Å². The molecule has 0 aromatic rings. The van der Waals surface area contributed by atoms with Gasteiger partial charge in [0.1, 0.15) is 73.2 Å². The van der Waals surface area contributed by atoms with Gasteiger partial charge in [-0.15, -0.1) is 0 Å². The number of hydrogen-bond acceptors (Lipinski definition) is 18. The Morgan fingerprint density at radius 2 is 1.21 bits per heavy atom. The molecule has 0 aliphatic carbocycles. The third-order valence-electron chi connectivity index (χ3n) is 7.26. The van der Waals surface area contributed by atoms with Crippen LogP contribution in [0.2, 0.25) is 0 Å². The zero-order valence-corrected chi connectivity index (χ0v) is 20.8. The van der Waals surface area contributed by atoms with Crippen molar-refractivity contribution >= 4 is 0 Å². The maximum atomic E-state index is 10.9. The molecule has 3 aliphatic rings. The Morgan fingerprint density at radius 3 is 1.74 bits per heavy atom. The predicted octanol–water partition coefficient (Wildman–Crippen LogP) is -8.11. The van der Waals surface area contributed by atoms with Crippen molar-refractivity contribution in [1.29, 1.82) is 0 Å². The number of hydrogen-bond donors (Lipinski definition) is 13. The van der Waals surface area contributed by atoms with E-state index in [4.69, 9.17) is 23.7 Å². The van der Waals surface area contributed by atoms with Crippen LogP contribution in [0, 0.1) is 0 Å². The average Bonchev–Trinajstić information content (AvgIpc) is 2.92. The van der Waals surface area contributed by atoms with Crippen molar-refractivity contribution in [3.05, 3.63) is 0 Å². The van der Waals surface area contributed by atoms with Gasteiger partial charge in [0.05, 0.1) is 19.8 Å². The van der Waals surface area contributed by atoms with Crippen LogP contribution in [0.4, 0.5) is 0 Å². The molecular formula is C21H38O18. The van der Waals surface area contributed by atoms with E-state index in [0.717, 1.165) is 0 Å². The Labute approximate surface area is 221 Å². The molecule has 3 rings (SSSR count). The Balaban J connectivity index is 1.90. The van der Waals surface area contributed by atoms with Crippen molar-refractivity contribution in [1.82, 2.24) is 0 Å². The molecule has 0 saturated carbocycles. The largest absolute Gasteiger partial charge is 0.394 e. The molecule has 39 heavy (non-hydrogen) atoms. The molecule has 0 aromatic heterocycles. The zero-order chi connectivity index (χ0) is 29.4. The number of rotatable bonds is 9. The lowest BCUT2D eigenvalue weighted by Gasteiger charge is -2.55. The lowest BCUT2D eigenvalue weighted by Crippen LogP contribution is -2.76. The van der Waals surface area contributed by atoms with Crippen molar-refractivity contribution < 1.29 is 90.1 Å². The van der Waals surface area contributed by atoms with E-state index in [9.17, 15) is 66.4 Å². The summed E-state index contributed by atoms with van der Waals surface area (Å²) in [6.07, 6.45) is -27.4. The fourth-order valence-corrected chi connectivity index (χ4v) is 4.81. The van der Waals surface area contributed by atoms with E-state index >= 15 is 0 Å². The second-order valence-electron chi connectivity index (χ2n) is 9.72. The first-order chi connectivity index (χ1) is 18.2. The monoisotopic (exact) mass is 578 g/mol. The van der Waals surface area contributed by atoms with E-state index in [1.54, 1.807) is 0 Å². The second kappa shape index (κ2) is 12.7. The highest BCUT2D eigenvalue weighted by atomic mass is 16.8. The quantitative estimate of drug-likeness (QED) is 0.113. The summed E-state index contributed by atoms with van der Waals surface area (Å²) in [5, 5.41) is 133. The Bertz CT molecular complexity index is 782. The summed E-state index contributed by atoms with van der Waals surface area (Å²) < 4.78 is 26.7. The topological polar surface area (TPSA) is 309 Å². The average molecular weight is 579 g/mol. The number of aliphatic hydroxyl groups excluding tert-OH is 11. The Hall–Kier alpha value is -0.720. The van der Waals surface area contributed by atoms with Gasteiger partial charge in [0, 0.05) is 6.42 Å². The van der Waals surface area contributed by atoms with Crippen LogP contribution >= 0.6 is 0 Å². The summed E-state index contributed by atoms with van der Waals surface area (Å²) in [6, 6.07) is 0. The maximum absolute atomic E-state index is 10.9. The van der Waals surface area contributed by atoms with Gasteiger partial charge in [-0.1, -0.05) is 6.92 Å². The van der Waals surface area contributed by atoms with Gasteiger partial charge in [-0.25, -0.2) is 0 Å². The van der Waals surface area contributed by atoms with Crippen molar-refractivity contribution in [3.8, 4) is 0 Å². The van der Waals surface area contributed by atoms with Gasteiger partial charge < -0.3 is 90.1 Å². The molecule has 3 saturated heterocycles. The van der Waals surface area contributed by atoms with Gasteiger partial charge in [-0.05, 0) is 0 Å². The molecule has 15 atom stereocenters. The minimum absolute atomic E-state index is 0.636. The second-order valence-corrected chi connectivity index (χ2v) is 9.72. The van der Waals surface area contributed by atoms with Gasteiger partial charge in [-0.2, -0.15) is 0 Å². The molecule has 3 fully saturated rings. The molecule has 0 aromatic carbocycles. The Kier molecular flexibility index (Phi) is 10.6. The normalized spacial score (nSPS) is 49.7. The molecule has 3 aliphatic heterocycles. The molecule has 0 bridgehead atoms. The standard InChI is InChI=1S/C21H38O18/c1-2-20(33,34)21(17(31)12(28)9(25)6(3-22)38-21)39-16-8(5-24)36-19(14(30)11(16)27)37-15-7(4-23)35-18(32)13(29)10(15)26/h6-19,22-34H,2-5H2,1H3/t6-,7-,8-,9-,10-,11-,12+,13-,14-,15-,16-,17-,18+,19?,21?/m1/s1. The zero-order valence-electron chi connectivity index (χ0n) is 20.8. The summed E-state index contributed by atoms with van der Waals surface area (Å²) in [5.74, 6) is -6.24. The molecule has 0 radical (unpaired) electrons. The third kappa shape index (κ3) is 5.82. The number of aliphatic hydroxyl groups is 13. The Morgan fingerprint density at radius 1 is 0.667 bits per heavy atom. The van der Waals surface area contributed by atoms with Gasteiger partial charge in [0.2, 0.25) is 5.79 Å². The third-order valence-corrected chi connectivity index (χ3v) is 7.26. The first kappa shape index (κ1) is 32.8. The molecule has 13 N–H and O–H groups in total. The van der Waals surface area contributed by atoms with Gasteiger partial charge in [0.15, 0.2) is 12.6 Å². The van der Waals surface area contributed by atoms with E-state index in [1.807, 2.05) is 0 Å². The van der Waals surface area contributed by atoms with Gasteiger partial charge >= 0.3 is 0 Å². The maximum Gasteiger partial charge on any atom is 0.253 e. The van der Waals surface area contributed by atoms with Crippen LogP contribution in [0.25, 0.3) is 0 Å². The predicted molar refractivity (Wildman–Crippen MR) is 118 cm³/mol. The summed E-state index contributed by atoms with van der Waals surface area (Å²) in [4.78, 5) is 0. The van der Waals surface area contributed by atoms with Crippen LogP contribution < -0.4 is 0 Å². The van der Waals surface area contributed by atoms with Crippen LogP contribution in [0.1, 0.15) is 13.3 Å². The van der Waals surface area contributed by atoms with Crippen molar-refractivity contribution in [2.24, 2.45) is 0 Å². The van der Waals surface area contributed by atoms with Gasteiger partial charge in [-0.3, -0.25) is 0 Å². The van der Waals surface area contributed by atoms with Crippen LogP contribution in [0.15, 0.2) is 0 Å². The summed E-state index contributed by atoms with van der Waals surface area (Å²) in [7, 11) is 0. The highest BCUT2D eigenvalue weighted by Crippen LogP contribution is 2.43. The molecule has 230 valence electrons. The first-order valence-electron chi connectivity index (χ1n) is 12.2. The molecule has 18 heteroatoms. The fraction of sp³-hybridized carbons (Fsp3) is 1.00. The lowest BCUT2D eigenvalue weighted by molar-refractivity contribution is -0.476. The lowest BCUT2D eigenvalue weighted by atomic mass is 9.85. The minimum atomic E-state index is -3.16. The molecule has 0 amide bonds. The van der Waals surface area contributed by atoms with Crippen LogP contribution in [0.3, 0.4) is 0 Å². The van der Waals surface area contributed by atoms with E-state index < -0.39 is 124 Å². The molecule has 3 heterocycles. The minimum Gasteiger partial charge on any atom is -0.394 e. The smallest absolute Gasteiger partial charge is 0.253 e. The number of ether oxygens (including phenoxy) is 5. The van der Waals surface area contributed by atoms with E-state index in [2.05, 4.69) is 0 Å². The molecule has 2 unspecified atom stereocenters. The first-order valence-corrected chi connectivity index (χ1v) is 12.2. The van der Waals surface area contributed by atoms with Gasteiger partial charge in [0.25, 0.3) is 5.79 Å². The summed E-state index contributed by atoms with van der Waals surface area (Å²) in [5.41, 5.74) is 0. The molecule has 18 nitrogen and oxygen atoms in total. The van der Waals surface area contributed by atoms with Crippen LogP contribution in [-0.4, -0.2) is 184 Å². The molecular weight excluding hydrogens is 540 g/mol. The highest BCUT2D eigenvalue weighted by Gasteiger charge is 2.67. The highest BCUT2D eigenvalue weighted by molar-refractivity contribution is 5.05. The summed E-state index contributed by atoms with van der Waals surface area (Å²) >= 11 is 0. The van der Waals surface area contributed by atoms with Crippen molar-refractivity contribution in [3.63, 3.8) is 0 Å².